The quantitative estimate of drug-likeness (QED) is 0.910. The molecule has 0 radical (unpaired) electrons. The van der Waals surface area contributed by atoms with Crippen LogP contribution in [-0.2, 0) is 24.2 Å². The molecule has 4 nitrogen and oxygen atoms in total. The number of amides is 1. The molecule has 114 valence electrons. The Morgan fingerprint density at radius 2 is 2.14 bits per heavy atom. The Morgan fingerprint density at radius 1 is 1.24 bits per heavy atom. The first-order chi connectivity index (χ1) is 10.3. The van der Waals surface area contributed by atoms with Crippen molar-refractivity contribution in [2.75, 3.05) is 19.6 Å². The van der Waals surface area contributed by atoms with Gasteiger partial charge in [0, 0.05) is 18.0 Å². The summed E-state index contributed by atoms with van der Waals surface area (Å²) in [6.45, 7) is 3.76. The Labute approximate surface area is 129 Å². The minimum atomic E-state index is -0.102. The monoisotopic (exact) mass is 305 g/mol. The molecule has 1 atom stereocenters. The number of aromatic nitrogens is 1. The maximum atomic E-state index is 12.2. The lowest BCUT2D eigenvalue weighted by Gasteiger charge is -2.32. The number of aryl methyl sites for hydroxylation is 2. The summed E-state index contributed by atoms with van der Waals surface area (Å²) < 4.78 is 0. The van der Waals surface area contributed by atoms with Crippen molar-refractivity contribution in [1.82, 2.24) is 15.2 Å². The maximum absolute atomic E-state index is 12.2. The van der Waals surface area contributed by atoms with Gasteiger partial charge in [-0.3, -0.25) is 9.69 Å². The molecular weight excluding hydrogens is 282 g/mol. The molecule has 0 aromatic carbocycles. The molecule has 21 heavy (non-hydrogen) atoms. The van der Waals surface area contributed by atoms with Gasteiger partial charge >= 0.3 is 0 Å². The zero-order chi connectivity index (χ0) is 14.3. The van der Waals surface area contributed by atoms with Crippen molar-refractivity contribution in [2.45, 2.75) is 51.5 Å². The predicted octanol–water partition coefficient (Wildman–Crippen LogP) is 2.12. The Balaban J connectivity index is 1.44. The highest BCUT2D eigenvalue weighted by Crippen LogP contribution is 2.38. The SMILES string of the molecule is O=C1NCCCC12CCN(Cc1nc3c(s1)CCCC3)C2. The predicted molar refractivity (Wildman–Crippen MR) is 83.3 cm³/mol. The van der Waals surface area contributed by atoms with Crippen molar-refractivity contribution in [2.24, 2.45) is 5.41 Å². The van der Waals surface area contributed by atoms with Gasteiger partial charge in [-0.25, -0.2) is 4.98 Å². The fourth-order valence-electron chi connectivity index (χ4n) is 4.08. The van der Waals surface area contributed by atoms with E-state index in [4.69, 9.17) is 4.98 Å². The minimum Gasteiger partial charge on any atom is -0.356 e. The summed E-state index contributed by atoms with van der Waals surface area (Å²) in [5.41, 5.74) is 1.25. The third-order valence-corrected chi connectivity index (χ3v) is 6.42. The lowest BCUT2D eigenvalue weighted by molar-refractivity contribution is -0.132. The fourth-order valence-corrected chi connectivity index (χ4v) is 5.28. The van der Waals surface area contributed by atoms with Crippen LogP contribution in [0.3, 0.4) is 0 Å². The number of piperidine rings is 1. The van der Waals surface area contributed by atoms with Gasteiger partial charge in [-0.15, -0.1) is 11.3 Å². The number of hydrogen-bond donors (Lipinski definition) is 1. The zero-order valence-electron chi connectivity index (χ0n) is 12.5. The summed E-state index contributed by atoms with van der Waals surface area (Å²) in [7, 11) is 0. The molecule has 1 aliphatic carbocycles. The number of hydrogen-bond acceptors (Lipinski definition) is 4. The average molecular weight is 305 g/mol. The fraction of sp³-hybridized carbons (Fsp3) is 0.750. The maximum Gasteiger partial charge on any atom is 0.227 e. The second-order valence-electron chi connectivity index (χ2n) is 6.79. The molecule has 0 bridgehead atoms. The van der Waals surface area contributed by atoms with Gasteiger partial charge in [0.1, 0.15) is 5.01 Å². The van der Waals surface area contributed by atoms with E-state index in [1.807, 2.05) is 11.3 Å². The van der Waals surface area contributed by atoms with E-state index >= 15 is 0 Å². The smallest absolute Gasteiger partial charge is 0.227 e. The number of likely N-dealkylation sites (tertiary alicyclic amines) is 1. The van der Waals surface area contributed by atoms with Gasteiger partial charge in [0.2, 0.25) is 5.91 Å². The molecule has 3 aliphatic rings. The van der Waals surface area contributed by atoms with Crippen molar-refractivity contribution in [3.8, 4) is 0 Å². The average Bonchev–Trinajstić information content (AvgIpc) is 3.07. The van der Waals surface area contributed by atoms with Crippen LogP contribution in [-0.4, -0.2) is 35.4 Å². The highest BCUT2D eigenvalue weighted by Gasteiger charge is 2.45. The summed E-state index contributed by atoms with van der Waals surface area (Å²) >= 11 is 1.90. The van der Waals surface area contributed by atoms with Gasteiger partial charge in [-0.05, 0) is 51.5 Å². The summed E-state index contributed by atoms with van der Waals surface area (Å²) in [6, 6.07) is 0. The largest absolute Gasteiger partial charge is 0.356 e. The van der Waals surface area contributed by atoms with E-state index in [0.717, 1.165) is 51.9 Å². The third kappa shape index (κ3) is 2.50. The van der Waals surface area contributed by atoms with Crippen LogP contribution in [0.5, 0.6) is 0 Å². The number of carbonyl (C=O) groups excluding carboxylic acids is 1. The molecule has 2 saturated heterocycles. The van der Waals surface area contributed by atoms with E-state index in [0.29, 0.717) is 0 Å². The van der Waals surface area contributed by atoms with Crippen LogP contribution < -0.4 is 5.32 Å². The van der Waals surface area contributed by atoms with E-state index in [9.17, 15) is 4.79 Å². The molecular formula is C16H23N3OS. The van der Waals surface area contributed by atoms with Crippen molar-refractivity contribution in [3.63, 3.8) is 0 Å². The van der Waals surface area contributed by atoms with Crippen molar-refractivity contribution < 1.29 is 4.79 Å². The van der Waals surface area contributed by atoms with Gasteiger partial charge in [-0.2, -0.15) is 0 Å². The van der Waals surface area contributed by atoms with Crippen molar-refractivity contribution in [1.29, 1.82) is 0 Å². The lowest BCUT2D eigenvalue weighted by Crippen LogP contribution is -2.47. The Hall–Kier alpha value is -0.940. The van der Waals surface area contributed by atoms with Crippen LogP contribution in [0.2, 0.25) is 0 Å². The molecule has 5 heteroatoms. The van der Waals surface area contributed by atoms with Crippen LogP contribution in [0.15, 0.2) is 0 Å². The van der Waals surface area contributed by atoms with Crippen molar-refractivity contribution in [3.05, 3.63) is 15.6 Å². The number of thiazole rings is 1. The van der Waals surface area contributed by atoms with Gasteiger partial charge in [0.25, 0.3) is 0 Å². The van der Waals surface area contributed by atoms with Gasteiger partial charge in [0.05, 0.1) is 17.7 Å². The summed E-state index contributed by atoms with van der Waals surface area (Å²) in [6.07, 6.45) is 8.21. The second-order valence-corrected chi connectivity index (χ2v) is 7.95. The molecule has 0 saturated carbocycles. The molecule has 4 rings (SSSR count). The topological polar surface area (TPSA) is 45.2 Å². The Bertz CT molecular complexity index is 532. The standard InChI is InChI=1S/C16H23N3OS/c20-15-16(6-3-8-17-15)7-9-19(11-16)10-14-18-12-4-1-2-5-13(12)21-14/h1-11H2,(H,17,20). The highest BCUT2D eigenvalue weighted by molar-refractivity contribution is 7.11. The Morgan fingerprint density at radius 3 is 3.00 bits per heavy atom. The number of nitrogens with one attached hydrogen (secondary N) is 1. The molecule has 1 aromatic heterocycles. The van der Waals surface area contributed by atoms with Crippen LogP contribution in [0, 0.1) is 5.41 Å². The first-order valence-corrected chi connectivity index (χ1v) is 9.05. The normalized spacial score (nSPS) is 29.6. The number of carbonyl (C=O) groups is 1. The molecule has 3 heterocycles. The van der Waals surface area contributed by atoms with Crippen LogP contribution in [0.4, 0.5) is 0 Å². The van der Waals surface area contributed by atoms with Crippen LogP contribution >= 0.6 is 11.3 Å². The zero-order valence-corrected chi connectivity index (χ0v) is 13.3. The highest BCUT2D eigenvalue weighted by atomic mass is 32.1. The van der Waals surface area contributed by atoms with E-state index < -0.39 is 0 Å². The van der Waals surface area contributed by atoms with E-state index in [-0.39, 0.29) is 11.3 Å². The number of fused-ring (bicyclic) bond motifs is 1. The second kappa shape index (κ2) is 5.36. The first-order valence-electron chi connectivity index (χ1n) is 8.23. The molecule has 1 amide bonds. The minimum absolute atomic E-state index is 0.102. The van der Waals surface area contributed by atoms with E-state index in [1.54, 1.807) is 0 Å². The van der Waals surface area contributed by atoms with E-state index in [2.05, 4.69) is 10.2 Å². The number of rotatable bonds is 2. The molecule has 2 aliphatic heterocycles. The molecule has 1 spiro atoms. The summed E-state index contributed by atoms with van der Waals surface area (Å²) in [5, 5.41) is 4.32. The third-order valence-electron chi connectivity index (χ3n) is 5.28. The molecule has 1 unspecified atom stereocenters. The van der Waals surface area contributed by atoms with Crippen LogP contribution in [0.1, 0.15) is 47.7 Å². The van der Waals surface area contributed by atoms with Gasteiger partial charge in [-0.1, -0.05) is 0 Å². The number of nitrogens with zero attached hydrogens (tertiary/aromatic N) is 2. The van der Waals surface area contributed by atoms with Gasteiger partial charge < -0.3 is 5.32 Å². The molecule has 2 fully saturated rings. The van der Waals surface area contributed by atoms with Crippen LogP contribution in [0.25, 0.3) is 0 Å². The molecule has 1 aromatic rings. The molecule has 1 N–H and O–H groups in total. The first kappa shape index (κ1) is 13.7. The van der Waals surface area contributed by atoms with Gasteiger partial charge in [0.15, 0.2) is 0 Å². The van der Waals surface area contributed by atoms with Crippen molar-refractivity contribution >= 4 is 17.2 Å². The summed E-state index contributed by atoms with van der Waals surface area (Å²) in [4.78, 5) is 21.0. The Kier molecular flexibility index (Phi) is 3.50. The summed E-state index contributed by atoms with van der Waals surface area (Å²) in [5.74, 6) is 0.287. The van der Waals surface area contributed by atoms with E-state index in [1.165, 1.54) is 34.8 Å². The lowest BCUT2D eigenvalue weighted by atomic mass is 9.79.